The Kier molecular flexibility index (Phi) is 3.65. The van der Waals surface area contributed by atoms with Crippen LogP contribution in [0.2, 0.25) is 0 Å². The summed E-state index contributed by atoms with van der Waals surface area (Å²) in [6, 6.07) is 1.69. The molecule has 0 aromatic carbocycles. The molecule has 2 bridgehead atoms. The third kappa shape index (κ3) is 2.45. The topological polar surface area (TPSA) is 49.5 Å². The van der Waals surface area contributed by atoms with Crippen molar-refractivity contribution in [2.75, 3.05) is 6.54 Å². The maximum atomic E-state index is 9.86. The van der Waals surface area contributed by atoms with Gasteiger partial charge in [0, 0.05) is 24.7 Å². The van der Waals surface area contributed by atoms with Crippen LogP contribution in [0.25, 0.3) is 0 Å². The zero-order valence-corrected chi connectivity index (χ0v) is 11.6. The Balaban J connectivity index is 1.62. The van der Waals surface area contributed by atoms with Crippen LogP contribution in [0.5, 0.6) is 0 Å². The molecule has 104 valence electrons. The molecule has 3 heteroatoms. The molecule has 5 unspecified atom stereocenters. The van der Waals surface area contributed by atoms with Crippen LogP contribution in [0.3, 0.4) is 0 Å². The van der Waals surface area contributed by atoms with Crippen LogP contribution in [0.1, 0.15) is 51.9 Å². The van der Waals surface area contributed by atoms with Gasteiger partial charge in [-0.15, -0.1) is 0 Å². The summed E-state index contributed by atoms with van der Waals surface area (Å²) < 4.78 is 0. The predicted molar refractivity (Wildman–Crippen MR) is 73.2 cm³/mol. The van der Waals surface area contributed by atoms with Gasteiger partial charge in [0.15, 0.2) is 0 Å². The fourth-order valence-electron chi connectivity index (χ4n) is 4.55. The van der Waals surface area contributed by atoms with E-state index in [9.17, 15) is 5.11 Å². The quantitative estimate of drug-likeness (QED) is 0.787. The fourth-order valence-corrected chi connectivity index (χ4v) is 4.55. The average Bonchev–Trinajstić information content (AvgIpc) is 2.57. The first-order valence-corrected chi connectivity index (χ1v) is 7.83. The van der Waals surface area contributed by atoms with E-state index in [0.29, 0.717) is 24.0 Å². The number of aliphatic hydroxyl groups is 1. The first-order chi connectivity index (χ1) is 8.63. The van der Waals surface area contributed by atoms with Gasteiger partial charge in [0.05, 0.1) is 6.10 Å². The van der Waals surface area contributed by atoms with Gasteiger partial charge in [-0.3, -0.25) is 4.90 Å². The van der Waals surface area contributed by atoms with Crippen molar-refractivity contribution in [1.82, 2.24) is 4.90 Å². The standard InChI is InChI=1S/C15H28N2O/c1-10-2-5-15(16)11(6-10)9-17-12-3-4-13(17)8-14(18)7-12/h10-15,18H,2-9,16H2,1H3. The van der Waals surface area contributed by atoms with Gasteiger partial charge in [-0.05, 0) is 56.8 Å². The highest BCUT2D eigenvalue weighted by Crippen LogP contribution is 2.38. The zero-order valence-electron chi connectivity index (χ0n) is 11.6. The first-order valence-electron chi connectivity index (χ1n) is 7.83. The molecule has 3 fully saturated rings. The van der Waals surface area contributed by atoms with E-state index in [-0.39, 0.29) is 6.10 Å². The lowest BCUT2D eigenvalue weighted by Gasteiger charge is -2.42. The van der Waals surface area contributed by atoms with Gasteiger partial charge in [0.1, 0.15) is 0 Å². The van der Waals surface area contributed by atoms with Crippen LogP contribution >= 0.6 is 0 Å². The highest BCUT2D eigenvalue weighted by atomic mass is 16.3. The number of rotatable bonds is 2. The van der Waals surface area contributed by atoms with Gasteiger partial charge in [-0.2, -0.15) is 0 Å². The Morgan fingerprint density at radius 2 is 1.72 bits per heavy atom. The predicted octanol–water partition coefficient (Wildman–Crippen LogP) is 1.74. The molecule has 0 spiro atoms. The maximum absolute atomic E-state index is 9.86. The molecule has 3 rings (SSSR count). The van der Waals surface area contributed by atoms with Gasteiger partial charge < -0.3 is 10.8 Å². The molecule has 0 amide bonds. The molecule has 2 heterocycles. The molecule has 3 N–H and O–H groups in total. The van der Waals surface area contributed by atoms with E-state index in [0.717, 1.165) is 18.8 Å². The smallest absolute Gasteiger partial charge is 0.0570 e. The number of nitrogens with zero attached hydrogens (tertiary/aromatic N) is 1. The molecular weight excluding hydrogens is 224 g/mol. The summed E-state index contributed by atoms with van der Waals surface area (Å²) in [4.78, 5) is 2.69. The van der Waals surface area contributed by atoms with Crippen molar-refractivity contribution in [3.63, 3.8) is 0 Å². The lowest BCUT2D eigenvalue weighted by molar-refractivity contribution is 0.0190. The van der Waals surface area contributed by atoms with Crippen molar-refractivity contribution in [3.8, 4) is 0 Å². The second-order valence-electron chi connectivity index (χ2n) is 7.05. The third-order valence-corrected chi connectivity index (χ3v) is 5.61. The van der Waals surface area contributed by atoms with Crippen molar-refractivity contribution in [2.24, 2.45) is 17.6 Å². The summed E-state index contributed by atoms with van der Waals surface area (Å²) in [7, 11) is 0. The fraction of sp³-hybridized carbons (Fsp3) is 1.00. The highest BCUT2D eigenvalue weighted by molar-refractivity contribution is 4.97. The number of hydrogen-bond acceptors (Lipinski definition) is 3. The van der Waals surface area contributed by atoms with Crippen molar-refractivity contribution in [2.45, 2.75) is 76.1 Å². The van der Waals surface area contributed by atoms with Crippen molar-refractivity contribution in [1.29, 1.82) is 0 Å². The molecule has 5 atom stereocenters. The van der Waals surface area contributed by atoms with E-state index in [2.05, 4.69) is 11.8 Å². The van der Waals surface area contributed by atoms with Crippen LogP contribution in [-0.2, 0) is 0 Å². The maximum Gasteiger partial charge on any atom is 0.0570 e. The monoisotopic (exact) mass is 252 g/mol. The Morgan fingerprint density at radius 1 is 1.06 bits per heavy atom. The molecule has 3 nitrogen and oxygen atoms in total. The van der Waals surface area contributed by atoms with Crippen LogP contribution < -0.4 is 5.73 Å². The minimum absolute atomic E-state index is 0.0438. The van der Waals surface area contributed by atoms with Gasteiger partial charge >= 0.3 is 0 Å². The average molecular weight is 252 g/mol. The second-order valence-corrected chi connectivity index (χ2v) is 7.05. The molecule has 0 aromatic heterocycles. The van der Waals surface area contributed by atoms with Crippen LogP contribution in [0, 0.1) is 11.8 Å². The molecule has 0 aromatic rings. The lowest BCUT2D eigenvalue weighted by atomic mass is 9.78. The Hall–Kier alpha value is -0.120. The Labute approximate surface area is 111 Å². The normalized spacial score (nSPS) is 49.5. The van der Waals surface area contributed by atoms with Crippen LogP contribution in [0.4, 0.5) is 0 Å². The largest absolute Gasteiger partial charge is 0.393 e. The molecule has 2 aliphatic heterocycles. The van der Waals surface area contributed by atoms with E-state index in [1.807, 2.05) is 0 Å². The number of nitrogens with two attached hydrogens (primary N) is 1. The van der Waals surface area contributed by atoms with Gasteiger partial charge in [-0.25, -0.2) is 0 Å². The summed E-state index contributed by atoms with van der Waals surface area (Å²) in [5, 5.41) is 9.86. The zero-order chi connectivity index (χ0) is 12.7. The van der Waals surface area contributed by atoms with Gasteiger partial charge in [0.2, 0.25) is 0 Å². The van der Waals surface area contributed by atoms with Crippen molar-refractivity contribution < 1.29 is 5.11 Å². The molecular formula is C15H28N2O. The number of fused-ring (bicyclic) bond motifs is 2. The van der Waals surface area contributed by atoms with E-state index in [1.165, 1.54) is 38.6 Å². The lowest BCUT2D eigenvalue weighted by Crippen LogP contribution is -2.50. The molecule has 0 radical (unpaired) electrons. The Bertz CT molecular complexity index is 282. The summed E-state index contributed by atoms with van der Waals surface area (Å²) >= 11 is 0. The van der Waals surface area contributed by atoms with Crippen LogP contribution in [-0.4, -0.2) is 40.8 Å². The SMILES string of the molecule is CC1CCC(N)C(CN2C3CCC2CC(O)C3)C1. The summed E-state index contributed by atoms with van der Waals surface area (Å²) in [6.07, 6.45) is 8.35. The summed E-state index contributed by atoms with van der Waals surface area (Å²) in [6.45, 7) is 3.56. The minimum atomic E-state index is -0.0438. The van der Waals surface area contributed by atoms with Crippen molar-refractivity contribution >= 4 is 0 Å². The number of piperidine rings is 1. The highest BCUT2D eigenvalue weighted by Gasteiger charge is 2.41. The van der Waals surface area contributed by atoms with Crippen LogP contribution in [0.15, 0.2) is 0 Å². The first kappa shape index (κ1) is 12.9. The van der Waals surface area contributed by atoms with Gasteiger partial charge in [-0.1, -0.05) is 6.92 Å². The number of aliphatic hydroxyl groups excluding tert-OH is 1. The van der Waals surface area contributed by atoms with Crippen molar-refractivity contribution in [3.05, 3.63) is 0 Å². The molecule has 1 aliphatic carbocycles. The van der Waals surface area contributed by atoms with E-state index in [1.54, 1.807) is 0 Å². The molecule has 18 heavy (non-hydrogen) atoms. The summed E-state index contributed by atoms with van der Waals surface area (Å²) in [5.41, 5.74) is 6.32. The molecule has 3 aliphatic rings. The Morgan fingerprint density at radius 3 is 2.39 bits per heavy atom. The third-order valence-electron chi connectivity index (χ3n) is 5.61. The summed E-state index contributed by atoms with van der Waals surface area (Å²) in [5.74, 6) is 1.54. The second kappa shape index (κ2) is 5.10. The molecule has 2 saturated heterocycles. The molecule has 1 saturated carbocycles. The van der Waals surface area contributed by atoms with E-state index >= 15 is 0 Å². The van der Waals surface area contributed by atoms with Gasteiger partial charge in [0.25, 0.3) is 0 Å². The van der Waals surface area contributed by atoms with E-state index < -0.39 is 0 Å². The number of hydrogen-bond donors (Lipinski definition) is 2. The minimum Gasteiger partial charge on any atom is -0.393 e. The van der Waals surface area contributed by atoms with E-state index in [4.69, 9.17) is 5.73 Å².